The van der Waals surface area contributed by atoms with Gasteiger partial charge in [0.25, 0.3) is 0 Å². The maximum atomic E-state index is 12.8. The molecule has 1 N–H and O–H groups in total. The van der Waals surface area contributed by atoms with Gasteiger partial charge in [-0.2, -0.15) is 18.3 Å². The van der Waals surface area contributed by atoms with Crippen molar-refractivity contribution in [3.8, 4) is 0 Å². The second-order valence-electron chi connectivity index (χ2n) is 4.12. The zero-order chi connectivity index (χ0) is 12.3. The van der Waals surface area contributed by atoms with Crippen LogP contribution in [0.15, 0.2) is 6.20 Å². The second-order valence-corrected chi connectivity index (χ2v) is 4.12. The number of hydrogen-bond donors (Lipinski definition) is 1. The monoisotopic (exact) mass is 235 g/mol. The van der Waals surface area contributed by atoms with Crippen molar-refractivity contribution in [2.45, 2.75) is 33.1 Å². The third-order valence-electron chi connectivity index (χ3n) is 2.09. The van der Waals surface area contributed by atoms with Gasteiger partial charge in [-0.05, 0) is 13.0 Å². The Morgan fingerprint density at radius 1 is 1.44 bits per heavy atom. The van der Waals surface area contributed by atoms with E-state index in [2.05, 4.69) is 10.4 Å². The smallest absolute Gasteiger partial charge is 0.316 e. The number of alkyl halides is 3. The zero-order valence-corrected chi connectivity index (χ0v) is 9.60. The van der Waals surface area contributed by atoms with E-state index in [1.165, 1.54) is 6.20 Å². The van der Waals surface area contributed by atoms with Crippen LogP contribution >= 0.6 is 0 Å². The summed E-state index contributed by atoms with van der Waals surface area (Å²) in [6.07, 6.45) is -3.07. The van der Waals surface area contributed by atoms with Gasteiger partial charge in [0.1, 0.15) is 5.69 Å². The number of aromatic nitrogens is 2. The summed E-state index contributed by atoms with van der Waals surface area (Å²) in [4.78, 5) is 0. The molecule has 0 bridgehead atoms. The molecule has 0 fully saturated rings. The van der Waals surface area contributed by atoms with Crippen LogP contribution in [-0.2, 0) is 19.3 Å². The lowest BCUT2D eigenvalue weighted by Crippen LogP contribution is -2.20. The molecule has 92 valence electrons. The molecular weight excluding hydrogens is 219 g/mol. The van der Waals surface area contributed by atoms with Crippen LogP contribution < -0.4 is 5.32 Å². The summed E-state index contributed by atoms with van der Waals surface area (Å²) in [5, 5.41) is 6.51. The molecule has 0 amide bonds. The van der Waals surface area contributed by atoms with Crippen LogP contribution in [-0.4, -0.2) is 16.8 Å². The molecule has 16 heavy (non-hydrogen) atoms. The molecule has 0 aliphatic rings. The highest BCUT2D eigenvalue weighted by Gasteiger charge is 2.37. The van der Waals surface area contributed by atoms with E-state index < -0.39 is 11.9 Å². The van der Waals surface area contributed by atoms with Gasteiger partial charge in [-0.3, -0.25) is 4.68 Å². The third-order valence-corrected chi connectivity index (χ3v) is 2.09. The first-order chi connectivity index (χ1) is 7.36. The van der Waals surface area contributed by atoms with E-state index in [1.54, 1.807) is 7.05 Å². The molecule has 1 rings (SSSR count). The summed E-state index contributed by atoms with van der Waals surface area (Å²) >= 11 is 0. The fourth-order valence-corrected chi connectivity index (χ4v) is 1.56. The molecular formula is C10H16F3N3. The van der Waals surface area contributed by atoms with Crippen molar-refractivity contribution in [2.24, 2.45) is 5.92 Å². The lowest BCUT2D eigenvalue weighted by atomic mass is 10.2. The highest BCUT2D eigenvalue weighted by atomic mass is 19.4. The Kier molecular flexibility index (Phi) is 3.96. The van der Waals surface area contributed by atoms with E-state index in [9.17, 15) is 13.2 Å². The van der Waals surface area contributed by atoms with E-state index >= 15 is 0 Å². The first kappa shape index (κ1) is 13.0. The van der Waals surface area contributed by atoms with Gasteiger partial charge in [0.15, 0.2) is 0 Å². The Hall–Kier alpha value is -1.04. The molecule has 0 unspecified atom stereocenters. The molecule has 0 aliphatic carbocycles. The van der Waals surface area contributed by atoms with Crippen LogP contribution in [0.25, 0.3) is 0 Å². The van der Waals surface area contributed by atoms with Crippen LogP contribution in [0, 0.1) is 5.92 Å². The normalized spacial score (nSPS) is 12.4. The Bertz CT molecular complexity index is 342. The van der Waals surface area contributed by atoms with Crippen molar-refractivity contribution in [1.82, 2.24) is 15.1 Å². The fraction of sp³-hybridized carbons (Fsp3) is 0.700. The van der Waals surface area contributed by atoms with Crippen molar-refractivity contribution >= 4 is 0 Å². The average Bonchev–Trinajstić information content (AvgIpc) is 2.46. The molecule has 0 saturated carbocycles. The largest absolute Gasteiger partial charge is 0.433 e. The molecule has 6 heteroatoms. The SMILES string of the molecule is CNCc1cnn(CC(C)C)c1C(F)(F)F. The van der Waals surface area contributed by atoms with Crippen LogP contribution in [0.2, 0.25) is 0 Å². The number of rotatable bonds is 4. The summed E-state index contributed by atoms with van der Waals surface area (Å²) in [5.41, 5.74) is -0.453. The second kappa shape index (κ2) is 4.86. The van der Waals surface area contributed by atoms with E-state index in [-0.39, 0.29) is 24.6 Å². The molecule has 1 heterocycles. The fourth-order valence-electron chi connectivity index (χ4n) is 1.56. The van der Waals surface area contributed by atoms with Gasteiger partial charge >= 0.3 is 6.18 Å². The van der Waals surface area contributed by atoms with Crippen molar-refractivity contribution in [3.05, 3.63) is 17.5 Å². The highest BCUT2D eigenvalue weighted by Crippen LogP contribution is 2.32. The number of nitrogens with one attached hydrogen (secondary N) is 1. The summed E-state index contributed by atoms with van der Waals surface area (Å²) in [5.74, 6) is 0.128. The zero-order valence-electron chi connectivity index (χ0n) is 9.60. The van der Waals surface area contributed by atoms with E-state index in [1.807, 2.05) is 13.8 Å². The maximum Gasteiger partial charge on any atom is 0.433 e. The van der Waals surface area contributed by atoms with Gasteiger partial charge in [-0.25, -0.2) is 0 Å². The van der Waals surface area contributed by atoms with Gasteiger partial charge in [-0.1, -0.05) is 13.8 Å². The predicted octanol–water partition coefficient (Wildman–Crippen LogP) is 2.28. The maximum absolute atomic E-state index is 12.8. The van der Waals surface area contributed by atoms with Crippen molar-refractivity contribution in [1.29, 1.82) is 0 Å². The molecule has 0 saturated heterocycles. The number of hydrogen-bond acceptors (Lipinski definition) is 2. The lowest BCUT2D eigenvalue weighted by Gasteiger charge is -2.14. The summed E-state index contributed by atoms with van der Waals surface area (Å²) < 4.78 is 39.5. The molecule has 0 aliphatic heterocycles. The van der Waals surface area contributed by atoms with Crippen molar-refractivity contribution < 1.29 is 13.2 Å². The minimum Gasteiger partial charge on any atom is -0.316 e. The van der Waals surface area contributed by atoms with Crippen LogP contribution in [0.1, 0.15) is 25.1 Å². The topological polar surface area (TPSA) is 29.9 Å². The number of nitrogens with zero attached hydrogens (tertiary/aromatic N) is 2. The third kappa shape index (κ3) is 2.98. The highest BCUT2D eigenvalue weighted by molar-refractivity contribution is 5.20. The van der Waals surface area contributed by atoms with Gasteiger partial charge in [0.2, 0.25) is 0 Å². The molecule has 1 aromatic rings. The molecule has 0 atom stereocenters. The summed E-state index contributed by atoms with van der Waals surface area (Å²) in [7, 11) is 1.61. The van der Waals surface area contributed by atoms with Crippen LogP contribution in [0.5, 0.6) is 0 Å². The molecule has 0 spiro atoms. The van der Waals surface area contributed by atoms with Gasteiger partial charge in [0, 0.05) is 18.7 Å². The quantitative estimate of drug-likeness (QED) is 0.867. The Labute approximate surface area is 92.6 Å². The van der Waals surface area contributed by atoms with E-state index in [4.69, 9.17) is 0 Å². The van der Waals surface area contributed by atoms with E-state index in [0.29, 0.717) is 0 Å². The molecule has 1 aromatic heterocycles. The van der Waals surface area contributed by atoms with Crippen LogP contribution in [0.4, 0.5) is 13.2 Å². The van der Waals surface area contributed by atoms with E-state index in [0.717, 1.165) is 4.68 Å². The Morgan fingerprint density at radius 3 is 2.50 bits per heavy atom. The van der Waals surface area contributed by atoms with Gasteiger partial charge < -0.3 is 5.32 Å². The first-order valence-corrected chi connectivity index (χ1v) is 5.12. The summed E-state index contributed by atoms with van der Waals surface area (Å²) in [6, 6.07) is 0. The van der Waals surface area contributed by atoms with Crippen LogP contribution in [0.3, 0.4) is 0 Å². The molecule has 3 nitrogen and oxygen atoms in total. The minimum absolute atomic E-state index is 0.128. The minimum atomic E-state index is -4.35. The lowest BCUT2D eigenvalue weighted by molar-refractivity contribution is -0.145. The predicted molar refractivity (Wildman–Crippen MR) is 54.8 cm³/mol. The average molecular weight is 235 g/mol. The number of halogens is 3. The molecule has 0 aromatic carbocycles. The molecule has 0 radical (unpaired) electrons. The first-order valence-electron chi connectivity index (χ1n) is 5.12. The van der Waals surface area contributed by atoms with Gasteiger partial charge in [-0.15, -0.1) is 0 Å². The van der Waals surface area contributed by atoms with Gasteiger partial charge in [0.05, 0.1) is 6.20 Å². The summed E-state index contributed by atoms with van der Waals surface area (Å²) in [6.45, 7) is 4.17. The Morgan fingerprint density at radius 2 is 2.06 bits per heavy atom. The van der Waals surface area contributed by atoms with Crippen molar-refractivity contribution in [3.63, 3.8) is 0 Å². The standard InChI is InChI=1S/C10H16F3N3/c1-7(2)6-16-9(10(11,12)13)8(4-14-3)5-15-16/h5,7,14H,4,6H2,1-3H3. The van der Waals surface area contributed by atoms with Crippen molar-refractivity contribution in [2.75, 3.05) is 7.05 Å². The Balaban J connectivity index is 3.09.